The van der Waals surface area contributed by atoms with Crippen LogP contribution in [0.15, 0.2) is 23.0 Å². The normalized spacial score (nSPS) is 17.1. The Morgan fingerprint density at radius 1 is 1.19 bits per heavy atom. The number of hydrogen-bond donors (Lipinski definition) is 0. The van der Waals surface area contributed by atoms with E-state index in [1.165, 1.54) is 10.6 Å². The molecule has 2 aliphatic rings. The number of rotatable bonds is 8. The summed E-state index contributed by atoms with van der Waals surface area (Å²) in [5.41, 5.74) is 0.724. The molecule has 0 aliphatic carbocycles. The monoisotopic (exact) mass is 525 g/mol. The van der Waals surface area contributed by atoms with Gasteiger partial charge in [-0.1, -0.05) is 6.07 Å². The lowest BCUT2D eigenvalue weighted by molar-refractivity contribution is -0.384. The van der Waals surface area contributed by atoms with Gasteiger partial charge in [-0.15, -0.1) is 11.3 Å². The van der Waals surface area contributed by atoms with Crippen LogP contribution in [-0.2, 0) is 16.1 Å². The lowest BCUT2D eigenvalue weighted by Crippen LogP contribution is -2.36. The molecule has 2 aromatic rings. The van der Waals surface area contributed by atoms with Crippen molar-refractivity contribution in [2.75, 3.05) is 44.8 Å². The highest BCUT2D eigenvalue weighted by atomic mass is 32.1. The van der Waals surface area contributed by atoms with E-state index in [1.807, 2.05) is 11.0 Å². The van der Waals surface area contributed by atoms with Gasteiger partial charge in [0, 0.05) is 52.5 Å². The minimum atomic E-state index is -0.388. The van der Waals surface area contributed by atoms with Crippen molar-refractivity contribution in [3.63, 3.8) is 0 Å². The van der Waals surface area contributed by atoms with Crippen molar-refractivity contribution in [1.82, 2.24) is 9.47 Å². The second kappa shape index (κ2) is 12.2. The Morgan fingerprint density at radius 2 is 1.89 bits per heavy atom. The summed E-state index contributed by atoms with van der Waals surface area (Å²) in [7, 11) is 1.57. The topological polar surface area (TPSA) is 122 Å². The second-order valence-corrected chi connectivity index (χ2v) is 10.3. The van der Waals surface area contributed by atoms with E-state index in [-0.39, 0.29) is 27.7 Å². The molecule has 0 atom stereocenters. The predicted molar refractivity (Wildman–Crippen MR) is 142 cm³/mol. The zero-order chi connectivity index (χ0) is 26.4. The number of carbonyl (C=O) groups excluding carboxylic acids is 1. The largest absolute Gasteiger partial charge is 0.385 e. The summed E-state index contributed by atoms with van der Waals surface area (Å²) in [6, 6.07) is 7.04. The van der Waals surface area contributed by atoms with Gasteiger partial charge in [0.1, 0.15) is 16.4 Å². The Balaban J connectivity index is 1.82. The summed E-state index contributed by atoms with van der Waals surface area (Å²) in [4.78, 5) is 41.7. The first-order chi connectivity index (χ1) is 17.9. The Kier molecular flexibility index (Phi) is 8.74. The van der Waals surface area contributed by atoms with Crippen LogP contribution in [0.3, 0.4) is 0 Å². The first kappa shape index (κ1) is 26.6. The summed E-state index contributed by atoms with van der Waals surface area (Å²) in [5.74, 6) is -0.366. The first-order valence-electron chi connectivity index (χ1n) is 12.6. The molecule has 0 bridgehead atoms. The molecular formula is C26H31N5O5S. The van der Waals surface area contributed by atoms with Gasteiger partial charge in [0.05, 0.1) is 9.46 Å². The molecule has 11 heteroatoms. The van der Waals surface area contributed by atoms with Crippen molar-refractivity contribution >= 4 is 40.3 Å². The van der Waals surface area contributed by atoms with Gasteiger partial charge in [-0.25, -0.2) is 0 Å². The molecule has 4 rings (SSSR count). The van der Waals surface area contributed by atoms with E-state index in [1.54, 1.807) is 30.2 Å². The zero-order valence-electron chi connectivity index (χ0n) is 21.0. The average Bonchev–Trinajstić information content (AvgIpc) is 3.55. The molecule has 0 saturated carbocycles. The third-order valence-electron chi connectivity index (χ3n) is 6.76. The SMILES string of the molecule is COCCCn1c(=O)/c(=C\c2ccc(N3CCCCC3)c([N+](=O)[O-])c2)s/c1=C(/C#N)C(=O)N1CCCC1. The molecule has 37 heavy (non-hydrogen) atoms. The van der Waals surface area contributed by atoms with Crippen LogP contribution in [0.25, 0.3) is 11.6 Å². The Bertz CT molecular complexity index is 1380. The van der Waals surface area contributed by atoms with E-state index in [9.17, 15) is 25.0 Å². The third kappa shape index (κ3) is 5.92. The van der Waals surface area contributed by atoms with E-state index in [4.69, 9.17) is 4.74 Å². The number of carbonyl (C=O) groups is 1. The van der Waals surface area contributed by atoms with Crippen molar-refractivity contribution in [2.45, 2.75) is 45.1 Å². The van der Waals surface area contributed by atoms with Crippen molar-refractivity contribution < 1.29 is 14.5 Å². The molecule has 1 aromatic heterocycles. The fraction of sp³-hybridized carbons (Fsp3) is 0.500. The predicted octanol–water partition coefficient (Wildman–Crippen LogP) is 1.97. The minimum absolute atomic E-state index is 0.00124. The Labute approximate surface area is 218 Å². The number of nitro benzene ring substituents is 1. The van der Waals surface area contributed by atoms with Crippen LogP contribution < -0.4 is 19.7 Å². The molecular weight excluding hydrogens is 494 g/mol. The Morgan fingerprint density at radius 3 is 2.54 bits per heavy atom. The fourth-order valence-electron chi connectivity index (χ4n) is 4.87. The molecule has 10 nitrogen and oxygen atoms in total. The standard InChI is InChI=1S/C26H31N5O5S/c1-36-15-7-14-30-25(33)23(37-26(30)20(18-27)24(32)29-12-5-6-13-29)17-19-8-9-21(22(16-19)31(34)35)28-10-3-2-4-11-28/h8-9,16-17H,2-7,10-15H2,1H3/b23-17+,26-20-. The number of nitro groups is 1. The maximum absolute atomic E-state index is 13.4. The molecule has 2 aliphatic heterocycles. The molecule has 0 unspecified atom stereocenters. The number of thiazole rings is 1. The average molecular weight is 526 g/mol. The summed E-state index contributed by atoms with van der Waals surface area (Å²) in [6.45, 7) is 3.46. The van der Waals surface area contributed by atoms with Gasteiger partial charge in [0.2, 0.25) is 0 Å². The molecule has 0 N–H and O–H groups in total. The van der Waals surface area contributed by atoms with Crippen molar-refractivity contribution in [3.8, 4) is 6.07 Å². The van der Waals surface area contributed by atoms with Crippen LogP contribution in [0.4, 0.5) is 11.4 Å². The van der Waals surface area contributed by atoms with Gasteiger partial charge in [-0.3, -0.25) is 24.3 Å². The fourth-order valence-corrected chi connectivity index (χ4v) is 5.99. The maximum atomic E-state index is 13.4. The van der Waals surface area contributed by atoms with Crippen LogP contribution in [0.2, 0.25) is 0 Å². The Hall–Kier alpha value is -3.49. The molecule has 3 heterocycles. The number of aromatic nitrogens is 1. The quantitative estimate of drug-likeness (QED) is 0.293. The van der Waals surface area contributed by atoms with Gasteiger partial charge in [-0.05, 0) is 56.2 Å². The number of methoxy groups -OCH3 is 1. The zero-order valence-corrected chi connectivity index (χ0v) is 21.8. The highest BCUT2D eigenvalue weighted by molar-refractivity contribution is 7.07. The highest BCUT2D eigenvalue weighted by Crippen LogP contribution is 2.31. The smallest absolute Gasteiger partial charge is 0.293 e. The molecule has 0 spiro atoms. The lowest BCUT2D eigenvalue weighted by atomic mass is 10.1. The van der Waals surface area contributed by atoms with Crippen molar-refractivity contribution in [1.29, 1.82) is 5.26 Å². The van der Waals surface area contributed by atoms with Crippen molar-refractivity contribution in [2.24, 2.45) is 0 Å². The first-order valence-corrected chi connectivity index (χ1v) is 13.4. The number of ether oxygens (including phenoxy) is 1. The second-order valence-electron chi connectivity index (χ2n) is 9.26. The van der Waals surface area contributed by atoms with E-state index in [0.29, 0.717) is 53.1 Å². The van der Waals surface area contributed by atoms with Crippen LogP contribution in [0, 0.1) is 21.4 Å². The molecule has 1 amide bonds. The van der Waals surface area contributed by atoms with Crippen LogP contribution >= 0.6 is 11.3 Å². The molecule has 196 valence electrons. The number of likely N-dealkylation sites (tertiary alicyclic amines) is 1. The van der Waals surface area contributed by atoms with Crippen LogP contribution in [0.5, 0.6) is 0 Å². The van der Waals surface area contributed by atoms with E-state index in [2.05, 4.69) is 0 Å². The molecule has 0 radical (unpaired) electrons. The number of benzene rings is 1. The number of hydrogen-bond acceptors (Lipinski definition) is 8. The summed E-state index contributed by atoms with van der Waals surface area (Å²) in [5, 5.41) is 21.8. The van der Waals surface area contributed by atoms with Crippen LogP contribution in [0.1, 0.15) is 44.1 Å². The molecule has 2 fully saturated rings. The summed E-state index contributed by atoms with van der Waals surface area (Å²) < 4.78 is 7.21. The minimum Gasteiger partial charge on any atom is -0.385 e. The van der Waals surface area contributed by atoms with Crippen molar-refractivity contribution in [3.05, 3.63) is 53.4 Å². The summed E-state index contributed by atoms with van der Waals surface area (Å²) >= 11 is 1.07. The van der Waals surface area contributed by atoms with Gasteiger partial charge >= 0.3 is 0 Å². The van der Waals surface area contributed by atoms with E-state index >= 15 is 0 Å². The van der Waals surface area contributed by atoms with Gasteiger partial charge in [0.25, 0.3) is 17.2 Å². The van der Waals surface area contributed by atoms with Gasteiger partial charge in [-0.2, -0.15) is 5.26 Å². The number of nitriles is 1. The van der Waals surface area contributed by atoms with Gasteiger partial charge < -0.3 is 14.5 Å². The number of nitrogens with zero attached hydrogens (tertiary/aromatic N) is 5. The highest BCUT2D eigenvalue weighted by Gasteiger charge is 2.25. The number of anilines is 1. The van der Waals surface area contributed by atoms with E-state index in [0.717, 1.165) is 56.5 Å². The maximum Gasteiger partial charge on any atom is 0.293 e. The number of amides is 1. The summed E-state index contributed by atoms with van der Waals surface area (Å²) in [6.07, 6.45) is 7.04. The molecule has 1 aromatic carbocycles. The van der Waals surface area contributed by atoms with Gasteiger partial charge in [0.15, 0.2) is 5.57 Å². The third-order valence-corrected chi connectivity index (χ3v) is 7.89. The molecule has 2 saturated heterocycles. The van der Waals surface area contributed by atoms with E-state index < -0.39 is 0 Å². The number of piperidine rings is 1. The van der Waals surface area contributed by atoms with Crippen LogP contribution in [-0.4, -0.2) is 60.2 Å². The lowest BCUT2D eigenvalue weighted by Gasteiger charge is -2.28.